The smallest absolute Gasteiger partial charge is 0.242 e. The molecule has 0 aliphatic carbocycles. The average molecular weight is 297 g/mol. The molecule has 0 saturated carbocycles. The number of piperidine rings is 1. The van der Waals surface area contributed by atoms with Crippen molar-refractivity contribution in [1.82, 2.24) is 10.2 Å². The topological polar surface area (TPSA) is 84.7 Å². The van der Waals surface area contributed by atoms with Crippen LogP contribution in [0.2, 0.25) is 0 Å². The van der Waals surface area contributed by atoms with Crippen molar-refractivity contribution in [3.8, 4) is 0 Å². The van der Waals surface area contributed by atoms with Gasteiger partial charge < -0.3 is 20.7 Å². The van der Waals surface area contributed by atoms with E-state index in [1.54, 1.807) is 0 Å². The van der Waals surface area contributed by atoms with Crippen molar-refractivity contribution in [3.05, 3.63) is 0 Å². The monoisotopic (exact) mass is 297 g/mol. The lowest BCUT2D eigenvalue weighted by Crippen LogP contribution is -2.55. The molecule has 3 atom stereocenters. The minimum atomic E-state index is -0.560. The first-order valence-corrected chi connectivity index (χ1v) is 7.91. The molecule has 0 spiro atoms. The molecule has 3 N–H and O–H groups in total. The maximum atomic E-state index is 12.4. The number of carbonyl (C=O) groups excluding carboxylic acids is 2. The number of rotatable bonds is 4. The Kier molecular flexibility index (Phi) is 5.58. The van der Waals surface area contributed by atoms with Crippen LogP contribution in [0.4, 0.5) is 0 Å². The second-order valence-electron chi connectivity index (χ2n) is 6.41. The molecular weight excluding hydrogens is 270 g/mol. The number of nitrogens with one attached hydrogen (secondary N) is 1. The predicted octanol–water partition coefficient (Wildman–Crippen LogP) is 0.113. The normalized spacial score (nSPS) is 27.1. The SMILES string of the molecule is CC(C)[C@H](N)C(=O)NCC(=O)N1CCCC2COCCC21. The van der Waals surface area contributed by atoms with Crippen molar-refractivity contribution in [3.63, 3.8) is 0 Å². The molecule has 120 valence electrons. The van der Waals surface area contributed by atoms with Gasteiger partial charge in [-0.25, -0.2) is 0 Å². The molecule has 0 aromatic carbocycles. The quantitative estimate of drug-likeness (QED) is 0.771. The van der Waals surface area contributed by atoms with E-state index in [0.717, 1.165) is 39.0 Å². The first kappa shape index (κ1) is 16.2. The highest BCUT2D eigenvalue weighted by Crippen LogP contribution is 2.29. The number of nitrogens with two attached hydrogens (primary N) is 1. The largest absolute Gasteiger partial charge is 0.381 e. The second-order valence-corrected chi connectivity index (χ2v) is 6.41. The Hall–Kier alpha value is -1.14. The van der Waals surface area contributed by atoms with Crippen LogP contribution in [0.5, 0.6) is 0 Å². The standard InChI is InChI=1S/C15H27N3O3/c1-10(2)14(16)15(20)17-8-13(19)18-6-3-4-11-9-21-7-5-12(11)18/h10-12,14H,3-9,16H2,1-2H3,(H,17,20)/t11?,12?,14-/m0/s1. The first-order valence-electron chi connectivity index (χ1n) is 7.91. The Balaban J connectivity index is 1.86. The molecule has 6 nitrogen and oxygen atoms in total. The van der Waals surface area contributed by atoms with Gasteiger partial charge in [0.2, 0.25) is 11.8 Å². The number of fused-ring (bicyclic) bond motifs is 1. The van der Waals surface area contributed by atoms with Crippen LogP contribution in [0.1, 0.15) is 33.1 Å². The second kappa shape index (κ2) is 7.22. The van der Waals surface area contributed by atoms with E-state index in [1.807, 2.05) is 18.7 Å². The number of carbonyl (C=O) groups is 2. The van der Waals surface area contributed by atoms with Crippen molar-refractivity contribution in [2.75, 3.05) is 26.3 Å². The van der Waals surface area contributed by atoms with Crippen LogP contribution < -0.4 is 11.1 Å². The van der Waals surface area contributed by atoms with Crippen molar-refractivity contribution in [2.24, 2.45) is 17.6 Å². The first-order chi connectivity index (χ1) is 10.0. The van der Waals surface area contributed by atoms with E-state index in [-0.39, 0.29) is 30.3 Å². The van der Waals surface area contributed by atoms with Crippen molar-refractivity contribution >= 4 is 11.8 Å². The zero-order valence-electron chi connectivity index (χ0n) is 13.0. The van der Waals surface area contributed by atoms with E-state index >= 15 is 0 Å². The summed E-state index contributed by atoms with van der Waals surface area (Å²) in [5.41, 5.74) is 5.78. The summed E-state index contributed by atoms with van der Waals surface area (Å²) < 4.78 is 5.50. The lowest BCUT2D eigenvalue weighted by Gasteiger charge is -2.43. The van der Waals surface area contributed by atoms with Crippen LogP contribution in [-0.2, 0) is 14.3 Å². The zero-order chi connectivity index (χ0) is 15.4. The van der Waals surface area contributed by atoms with Crippen molar-refractivity contribution in [2.45, 2.75) is 45.2 Å². The maximum Gasteiger partial charge on any atom is 0.242 e. The minimum Gasteiger partial charge on any atom is -0.381 e. The molecule has 0 radical (unpaired) electrons. The molecule has 2 rings (SSSR count). The lowest BCUT2D eigenvalue weighted by atomic mass is 9.86. The summed E-state index contributed by atoms with van der Waals surface area (Å²) in [4.78, 5) is 26.1. The molecule has 2 unspecified atom stereocenters. The van der Waals surface area contributed by atoms with E-state index < -0.39 is 6.04 Å². The Morgan fingerprint density at radius 2 is 2.14 bits per heavy atom. The molecule has 0 aromatic heterocycles. The van der Waals surface area contributed by atoms with Gasteiger partial charge in [-0.3, -0.25) is 9.59 Å². The molecule has 0 aromatic rings. The summed E-state index contributed by atoms with van der Waals surface area (Å²) in [6.07, 6.45) is 3.03. The van der Waals surface area contributed by atoms with Gasteiger partial charge in [-0.2, -0.15) is 0 Å². The highest BCUT2D eigenvalue weighted by atomic mass is 16.5. The molecule has 0 bridgehead atoms. The van der Waals surface area contributed by atoms with Gasteiger partial charge in [-0.05, 0) is 25.2 Å². The minimum absolute atomic E-state index is 0.00379. The van der Waals surface area contributed by atoms with Crippen LogP contribution in [0, 0.1) is 11.8 Å². The fraction of sp³-hybridized carbons (Fsp3) is 0.867. The van der Waals surface area contributed by atoms with E-state index in [0.29, 0.717) is 5.92 Å². The van der Waals surface area contributed by atoms with E-state index in [2.05, 4.69) is 5.32 Å². The lowest BCUT2D eigenvalue weighted by molar-refractivity contribution is -0.141. The van der Waals surface area contributed by atoms with E-state index in [1.165, 1.54) is 0 Å². The van der Waals surface area contributed by atoms with E-state index in [4.69, 9.17) is 10.5 Å². The number of ether oxygens (including phenoxy) is 1. The molecule has 2 saturated heterocycles. The highest BCUT2D eigenvalue weighted by Gasteiger charge is 2.36. The van der Waals surface area contributed by atoms with Gasteiger partial charge in [-0.1, -0.05) is 13.8 Å². The molecule has 2 amide bonds. The van der Waals surface area contributed by atoms with Crippen LogP contribution in [-0.4, -0.2) is 55.1 Å². The summed E-state index contributed by atoms with van der Waals surface area (Å²) in [6.45, 7) is 6.08. The van der Waals surface area contributed by atoms with Crippen LogP contribution in [0.3, 0.4) is 0 Å². The maximum absolute atomic E-state index is 12.4. The van der Waals surface area contributed by atoms with Gasteiger partial charge in [0, 0.05) is 25.1 Å². The predicted molar refractivity (Wildman–Crippen MR) is 79.5 cm³/mol. The summed E-state index contributed by atoms with van der Waals surface area (Å²) in [5, 5.41) is 2.67. The third-order valence-corrected chi connectivity index (χ3v) is 4.56. The van der Waals surface area contributed by atoms with Gasteiger partial charge in [0.1, 0.15) is 0 Å². The van der Waals surface area contributed by atoms with Gasteiger partial charge in [0.25, 0.3) is 0 Å². The van der Waals surface area contributed by atoms with Gasteiger partial charge in [-0.15, -0.1) is 0 Å². The number of amides is 2. The summed E-state index contributed by atoms with van der Waals surface area (Å²) >= 11 is 0. The van der Waals surface area contributed by atoms with Crippen molar-refractivity contribution < 1.29 is 14.3 Å². The molecule has 2 aliphatic heterocycles. The summed E-state index contributed by atoms with van der Waals surface area (Å²) in [6, 6.07) is -0.286. The Bertz CT molecular complexity index is 384. The third-order valence-electron chi connectivity index (χ3n) is 4.56. The molecular formula is C15H27N3O3. The number of likely N-dealkylation sites (tertiary alicyclic amines) is 1. The van der Waals surface area contributed by atoms with Crippen LogP contribution >= 0.6 is 0 Å². The summed E-state index contributed by atoms with van der Waals surface area (Å²) in [7, 11) is 0. The van der Waals surface area contributed by atoms with E-state index in [9.17, 15) is 9.59 Å². The molecule has 6 heteroatoms. The fourth-order valence-corrected chi connectivity index (χ4v) is 3.16. The molecule has 2 aliphatic rings. The number of hydrogen-bond donors (Lipinski definition) is 2. The van der Waals surface area contributed by atoms with Crippen LogP contribution in [0.25, 0.3) is 0 Å². The van der Waals surface area contributed by atoms with Gasteiger partial charge in [0.05, 0.1) is 19.2 Å². The third kappa shape index (κ3) is 3.95. The Labute approximate surface area is 126 Å². The van der Waals surface area contributed by atoms with Gasteiger partial charge >= 0.3 is 0 Å². The van der Waals surface area contributed by atoms with Gasteiger partial charge in [0.15, 0.2) is 0 Å². The molecule has 21 heavy (non-hydrogen) atoms. The molecule has 2 fully saturated rings. The van der Waals surface area contributed by atoms with Crippen molar-refractivity contribution in [1.29, 1.82) is 0 Å². The Morgan fingerprint density at radius 3 is 2.86 bits per heavy atom. The Morgan fingerprint density at radius 1 is 1.38 bits per heavy atom. The zero-order valence-corrected chi connectivity index (χ0v) is 13.0. The highest BCUT2D eigenvalue weighted by molar-refractivity contribution is 5.87. The average Bonchev–Trinajstić information content (AvgIpc) is 2.50. The number of nitrogens with zero attached hydrogens (tertiary/aromatic N) is 1. The summed E-state index contributed by atoms with van der Waals surface area (Å²) in [5.74, 6) is 0.259. The van der Waals surface area contributed by atoms with Crippen LogP contribution in [0.15, 0.2) is 0 Å². The fourth-order valence-electron chi connectivity index (χ4n) is 3.16. The molecule has 2 heterocycles. The number of hydrogen-bond acceptors (Lipinski definition) is 4.